The summed E-state index contributed by atoms with van der Waals surface area (Å²) in [7, 11) is 1.18. The summed E-state index contributed by atoms with van der Waals surface area (Å²) in [5, 5.41) is 20.9. The van der Waals surface area contributed by atoms with Crippen LogP contribution in [-0.2, 0) is 0 Å². The number of ether oxygens (including phenoxy) is 1. The summed E-state index contributed by atoms with van der Waals surface area (Å²) in [6, 6.07) is 2.37. The molecule has 80 valence electrons. The number of nitro groups is 2. The third-order valence-electron chi connectivity index (χ3n) is 1.65. The molecule has 7 nitrogen and oxygen atoms in total. The zero-order chi connectivity index (χ0) is 11.6. The van der Waals surface area contributed by atoms with Crippen LogP contribution in [0.25, 0.3) is 0 Å². The van der Waals surface area contributed by atoms with Crippen LogP contribution in [0.2, 0.25) is 5.02 Å². The topological polar surface area (TPSA) is 95.5 Å². The van der Waals surface area contributed by atoms with Crippen molar-refractivity contribution < 1.29 is 14.6 Å². The molecular weight excluding hydrogens is 228 g/mol. The second-order valence-electron chi connectivity index (χ2n) is 2.46. The van der Waals surface area contributed by atoms with Gasteiger partial charge in [0.05, 0.1) is 17.0 Å². The first kappa shape index (κ1) is 11.2. The summed E-state index contributed by atoms with van der Waals surface area (Å²) in [5.41, 5.74) is -1.50. The largest absolute Gasteiger partial charge is 0.490 e. The van der Waals surface area contributed by atoms with Crippen molar-refractivity contribution in [2.75, 3.05) is 7.11 Å². The molecule has 15 heavy (non-hydrogen) atoms. The highest BCUT2D eigenvalue weighted by Gasteiger charge is 2.32. The lowest BCUT2D eigenvalue weighted by atomic mass is 10.2. The van der Waals surface area contributed by atoms with Gasteiger partial charge >= 0.3 is 11.4 Å². The lowest BCUT2D eigenvalue weighted by molar-refractivity contribution is -0.422. The third-order valence-corrected chi connectivity index (χ3v) is 1.96. The average Bonchev–Trinajstić information content (AvgIpc) is 2.16. The first-order valence-corrected chi connectivity index (χ1v) is 4.02. The molecule has 0 fully saturated rings. The fourth-order valence-corrected chi connectivity index (χ4v) is 1.27. The van der Waals surface area contributed by atoms with Gasteiger partial charge in [0.15, 0.2) is 0 Å². The van der Waals surface area contributed by atoms with E-state index in [4.69, 9.17) is 11.6 Å². The molecule has 0 aliphatic heterocycles. The highest BCUT2D eigenvalue weighted by molar-refractivity contribution is 6.33. The Morgan fingerprint density at radius 2 is 1.73 bits per heavy atom. The fraction of sp³-hybridized carbons (Fsp3) is 0.143. The summed E-state index contributed by atoms with van der Waals surface area (Å²) >= 11 is 5.50. The van der Waals surface area contributed by atoms with Gasteiger partial charge in [0.2, 0.25) is 5.75 Å². The third kappa shape index (κ3) is 1.96. The van der Waals surface area contributed by atoms with E-state index >= 15 is 0 Å². The van der Waals surface area contributed by atoms with Crippen molar-refractivity contribution in [2.24, 2.45) is 0 Å². The molecule has 0 saturated carbocycles. The summed E-state index contributed by atoms with van der Waals surface area (Å²) in [4.78, 5) is 19.4. The number of hydrogen-bond acceptors (Lipinski definition) is 5. The first-order valence-electron chi connectivity index (χ1n) is 3.64. The first-order chi connectivity index (χ1) is 6.99. The van der Waals surface area contributed by atoms with Crippen LogP contribution in [-0.4, -0.2) is 17.0 Å². The van der Waals surface area contributed by atoms with Crippen LogP contribution in [0.3, 0.4) is 0 Å². The highest BCUT2D eigenvalue weighted by atomic mass is 35.5. The minimum Gasteiger partial charge on any atom is -0.490 e. The molecule has 0 N–H and O–H groups in total. The van der Waals surface area contributed by atoms with Crippen LogP contribution >= 0.6 is 11.6 Å². The second-order valence-corrected chi connectivity index (χ2v) is 2.87. The summed E-state index contributed by atoms with van der Waals surface area (Å²) in [6.07, 6.45) is 0. The molecule has 0 bridgehead atoms. The number of benzene rings is 1. The van der Waals surface area contributed by atoms with Crippen molar-refractivity contribution in [3.8, 4) is 5.75 Å². The van der Waals surface area contributed by atoms with Gasteiger partial charge in [0.1, 0.15) is 5.02 Å². The Kier molecular flexibility index (Phi) is 3.05. The standard InChI is InChI=1S/C7H5ClN2O5/c1-15-5-3-2-4(8)6(9(11)12)7(5)10(13)14/h2-3H,1H3. The molecule has 0 aliphatic carbocycles. The molecule has 0 unspecified atom stereocenters. The molecule has 0 aliphatic rings. The van der Waals surface area contributed by atoms with E-state index in [2.05, 4.69) is 4.74 Å². The maximum Gasteiger partial charge on any atom is 0.388 e. The molecule has 0 heterocycles. The molecule has 1 aromatic carbocycles. The van der Waals surface area contributed by atoms with E-state index in [0.29, 0.717) is 0 Å². The zero-order valence-electron chi connectivity index (χ0n) is 7.47. The number of nitrogens with zero attached hydrogens (tertiary/aromatic N) is 2. The lowest BCUT2D eigenvalue weighted by Gasteiger charge is -2.02. The normalized spacial score (nSPS) is 9.73. The molecule has 0 saturated heterocycles. The summed E-state index contributed by atoms with van der Waals surface area (Å²) in [6.45, 7) is 0. The van der Waals surface area contributed by atoms with E-state index in [1.807, 2.05) is 0 Å². The van der Waals surface area contributed by atoms with Crippen LogP contribution in [0.5, 0.6) is 5.75 Å². The molecule has 0 aromatic heterocycles. The number of rotatable bonds is 3. The van der Waals surface area contributed by atoms with Crippen molar-refractivity contribution in [3.05, 3.63) is 37.4 Å². The van der Waals surface area contributed by atoms with Crippen LogP contribution in [0.4, 0.5) is 11.4 Å². The van der Waals surface area contributed by atoms with E-state index in [9.17, 15) is 20.2 Å². The Bertz CT molecular complexity index is 434. The van der Waals surface area contributed by atoms with Gasteiger partial charge in [-0.1, -0.05) is 11.6 Å². The average molecular weight is 233 g/mol. The smallest absolute Gasteiger partial charge is 0.388 e. The van der Waals surface area contributed by atoms with Gasteiger partial charge in [0.25, 0.3) is 0 Å². The van der Waals surface area contributed by atoms with Gasteiger partial charge in [-0.2, -0.15) is 0 Å². The SMILES string of the molecule is COc1ccc(Cl)c([N+](=O)[O-])c1[N+](=O)[O-]. The van der Waals surface area contributed by atoms with Crippen molar-refractivity contribution in [2.45, 2.75) is 0 Å². The lowest BCUT2D eigenvalue weighted by Crippen LogP contribution is -2.00. The van der Waals surface area contributed by atoms with E-state index in [0.717, 1.165) is 0 Å². The van der Waals surface area contributed by atoms with Crippen LogP contribution in [0.15, 0.2) is 12.1 Å². The van der Waals surface area contributed by atoms with Crippen molar-refractivity contribution >= 4 is 23.0 Å². The van der Waals surface area contributed by atoms with E-state index in [1.54, 1.807) is 0 Å². The molecule has 0 radical (unpaired) electrons. The Balaban J connectivity index is 3.58. The van der Waals surface area contributed by atoms with Gasteiger partial charge in [0, 0.05) is 0 Å². The minimum atomic E-state index is -0.914. The molecule has 1 aromatic rings. The predicted octanol–water partition coefficient (Wildman–Crippen LogP) is 2.17. The second kappa shape index (κ2) is 4.09. The Morgan fingerprint density at radius 3 is 2.13 bits per heavy atom. The van der Waals surface area contributed by atoms with E-state index in [-0.39, 0.29) is 10.8 Å². The molecule has 8 heteroatoms. The van der Waals surface area contributed by atoms with Gasteiger partial charge in [-0.05, 0) is 12.1 Å². The molecule has 0 atom stereocenters. The van der Waals surface area contributed by atoms with Crippen molar-refractivity contribution in [1.29, 1.82) is 0 Å². The van der Waals surface area contributed by atoms with Gasteiger partial charge in [-0.25, -0.2) is 0 Å². The number of nitro benzene ring substituents is 2. The Morgan fingerprint density at radius 1 is 1.20 bits per heavy atom. The molecule has 1 rings (SSSR count). The predicted molar refractivity (Wildman–Crippen MR) is 51.3 cm³/mol. The maximum atomic E-state index is 10.6. The minimum absolute atomic E-state index is 0.198. The van der Waals surface area contributed by atoms with Crippen LogP contribution in [0.1, 0.15) is 0 Å². The Labute approximate surface area is 88.5 Å². The molecule has 0 amide bonds. The summed E-state index contributed by atoms with van der Waals surface area (Å²) < 4.78 is 4.65. The molecular formula is C7H5ClN2O5. The van der Waals surface area contributed by atoms with Crippen LogP contribution < -0.4 is 4.74 Å². The van der Waals surface area contributed by atoms with Gasteiger partial charge < -0.3 is 4.74 Å². The fourth-order valence-electron chi connectivity index (χ4n) is 1.05. The number of hydrogen-bond donors (Lipinski definition) is 0. The quantitative estimate of drug-likeness (QED) is 0.588. The highest BCUT2D eigenvalue weighted by Crippen LogP contribution is 2.41. The van der Waals surface area contributed by atoms with E-state index in [1.165, 1.54) is 19.2 Å². The van der Waals surface area contributed by atoms with Gasteiger partial charge in [-0.15, -0.1) is 0 Å². The molecule has 0 spiro atoms. The summed E-state index contributed by atoms with van der Waals surface area (Å²) in [5.74, 6) is -0.198. The zero-order valence-corrected chi connectivity index (χ0v) is 8.22. The monoisotopic (exact) mass is 232 g/mol. The van der Waals surface area contributed by atoms with Crippen LogP contribution in [0, 0.1) is 20.2 Å². The van der Waals surface area contributed by atoms with E-state index < -0.39 is 21.2 Å². The van der Waals surface area contributed by atoms with Crippen molar-refractivity contribution in [1.82, 2.24) is 0 Å². The number of halogens is 1. The Hall–Kier alpha value is -1.89. The maximum absolute atomic E-state index is 10.6. The van der Waals surface area contributed by atoms with Crippen molar-refractivity contribution in [3.63, 3.8) is 0 Å². The number of methoxy groups -OCH3 is 1. The van der Waals surface area contributed by atoms with Gasteiger partial charge in [-0.3, -0.25) is 20.2 Å².